The average molecular weight is 447 g/mol. The highest BCUT2D eigenvalue weighted by Crippen LogP contribution is 2.30. The summed E-state index contributed by atoms with van der Waals surface area (Å²) >= 11 is 7.62. The number of carbonyl (C=O) groups is 1. The second-order valence-electron chi connectivity index (χ2n) is 5.96. The van der Waals surface area contributed by atoms with Crippen molar-refractivity contribution in [2.45, 2.75) is 30.2 Å². The molecule has 0 spiro atoms. The van der Waals surface area contributed by atoms with Crippen molar-refractivity contribution in [3.63, 3.8) is 0 Å². The minimum absolute atomic E-state index is 0.0273. The fraction of sp³-hybridized carbons (Fsp3) is 0.353. The molecule has 0 atom stereocenters. The van der Waals surface area contributed by atoms with E-state index in [0.29, 0.717) is 13.0 Å². The number of hydrogen-bond acceptors (Lipinski definition) is 6. The van der Waals surface area contributed by atoms with E-state index in [1.165, 1.54) is 35.2 Å². The molecule has 0 aliphatic carbocycles. The van der Waals surface area contributed by atoms with E-state index in [2.05, 4.69) is 25.2 Å². The lowest BCUT2D eigenvalue weighted by Gasteiger charge is -2.10. The summed E-state index contributed by atoms with van der Waals surface area (Å²) in [4.78, 5) is 15.2. The summed E-state index contributed by atoms with van der Waals surface area (Å²) in [5, 5.41) is 12.3. The Morgan fingerprint density at radius 1 is 1.39 bits per heavy atom. The van der Waals surface area contributed by atoms with Gasteiger partial charge in [-0.2, -0.15) is 0 Å². The van der Waals surface area contributed by atoms with Gasteiger partial charge in [0.15, 0.2) is 4.34 Å². The third-order valence-electron chi connectivity index (χ3n) is 3.86. The number of fused-ring (bicyclic) bond motifs is 1. The quantitative estimate of drug-likeness (QED) is 0.399. The number of rotatable bonds is 8. The number of alkyl halides is 3. The van der Waals surface area contributed by atoms with Gasteiger partial charge in [0.2, 0.25) is 5.91 Å². The zero-order valence-corrected chi connectivity index (χ0v) is 17.4. The third kappa shape index (κ3) is 5.55. The van der Waals surface area contributed by atoms with Crippen LogP contribution in [0.4, 0.5) is 8.78 Å². The highest BCUT2D eigenvalue weighted by atomic mass is 35.5. The Morgan fingerprint density at radius 2 is 2.18 bits per heavy atom. The van der Waals surface area contributed by atoms with Crippen molar-refractivity contribution in [2.24, 2.45) is 0 Å². The molecule has 2 N–H and O–H groups in total. The standard InChI is InChI=1S/C17H17ClF2N4O2S2/c1-9-12(5-6-21-15(25)8-27-16-24-23-10(2)28-16)13-7-11(26-17(18,19)20)3-4-14(13)22-9/h3-4,7,22H,5-6,8H2,1-2H3,(H,21,25). The van der Waals surface area contributed by atoms with E-state index in [9.17, 15) is 13.6 Å². The molecular weight excluding hydrogens is 430 g/mol. The highest BCUT2D eigenvalue weighted by molar-refractivity contribution is 8.01. The molecule has 6 nitrogen and oxygen atoms in total. The van der Waals surface area contributed by atoms with Crippen molar-refractivity contribution < 1.29 is 18.3 Å². The number of aromatic nitrogens is 3. The van der Waals surface area contributed by atoms with E-state index in [-0.39, 0.29) is 17.4 Å². The predicted octanol–water partition coefficient (Wildman–Crippen LogP) is 4.26. The van der Waals surface area contributed by atoms with Crippen LogP contribution in [-0.2, 0) is 11.2 Å². The van der Waals surface area contributed by atoms with Crippen LogP contribution >= 0.6 is 34.7 Å². The van der Waals surface area contributed by atoms with Gasteiger partial charge in [0.1, 0.15) is 10.8 Å². The molecule has 0 aliphatic rings. The van der Waals surface area contributed by atoms with Crippen LogP contribution in [-0.4, -0.2) is 39.0 Å². The molecule has 0 saturated carbocycles. The zero-order valence-electron chi connectivity index (χ0n) is 15.0. The monoisotopic (exact) mass is 446 g/mol. The smallest absolute Gasteiger partial charge is 0.420 e. The Morgan fingerprint density at radius 3 is 2.86 bits per heavy atom. The molecule has 2 heterocycles. The molecule has 11 heteroatoms. The fourth-order valence-electron chi connectivity index (χ4n) is 2.72. The molecule has 3 aromatic rings. The number of benzene rings is 1. The topological polar surface area (TPSA) is 79.9 Å². The Labute approximate surface area is 173 Å². The van der Waals surface area contributed by atoms with Crippen LogP contribution in [0.25, 0.3) is 10.9 Å². The summed E-state index contributed by atoms with van der Waals surface area (Å²) in [5.74, 6) is 0.117. The summed E-state index contributed by atoms with van der Waals surface area (Å²) < 4.78 is 30.9. The van der Waals surface area contributed by atoms with Crippen molar-refractivity contribution in [1.29, 1.82) is 0 Å². The van der Waals surface area contributed by atoms with Crippen LogP contribution in [0.2, 0.25) is 0 Å². The lowest BCUT2D eigenvalue weighted by Crippen LogP contribution is -2.27. The average Bonchev–Trinajstić information content (AvgIpc) is 3.15. The molecule has 0 radical (unpaired) electrons. The van der Waals surface area contributed by atoms with Gasteiger partial charge in [0.05, 0.1) is 5.75 Å². The maximum absolute atomic E-state index is 12.9. The molecule has 0 saturated heterocycles. The number of aryl methyl sites for hydroxylation is 2. The number of hydrogen-bond donors (Lipinski definition) is 2. The number of ether oxygens (including phenoxy) is 1. The summed E-state index contributed by atoms with van der Waals surface area (Å²) in [7, 11) is 0. The fourth-order valence-corrected chi connectivity index (χ4v) is 4.46. The number of H-pyrrole nitrogens is 1. The van der Waals surface area contributed by atoms with Gasteiger partial charge in [-0.25, -0.2) is 0 Å². The molecule has 1 aromatic carbocycles. The van der Waals surface area contributed by atoms with Crippen molar-refractivity contribution in [2.75, 3.05) is 12.3 Å². The first-order valence-electron chi connectivity index (χ1n) is 8.28. The van der Waals surface area contributed by atoms with E-state index in [0.717, 1.165) is 31.5 Å². The number of halogens is 3. The first kappa shape index (κ1) is 20.8. The second kappa shape index (κ2) is 8.62. The number of nitrogens with zero attached hydrogens (tertiary/aromatic N) is 2. The van der Waals surface area contributed by atoms with E-state index < -0.39 is 5.57 Å². The van der Waals surface area contributed by atoms with Crippen LogP contribution < -0.4 is 10.1 Å². The van der Waals surface area contributed by atoms with Gasteiger partial charge in [-0.3, -0.25) is 4.79 Å². The van der Waals surface area contributed by atoms with Gasteiger partial charge >= 0.3 is 5.57 Å². The molecule has 1 amide bonds. The summed E-state index contributed by atoms with van der Waals surface area (Å²) in [6.07, 6.45) is 0.543. The predicted molar refractivity (Wildman–Crippen MR) is 107 cm³/mol. The largest absolute Gasteiger partial charge is 0.487 e. The van der Waals surface area contributed by atoms with Gasteiger partial charge in [0, 0.05) is 34.7 Å². The molecule has 150 valence electrons. The number of carbonyl (C=O) groups excluding carboxylic acids is 1. The van der Waals surface area contributed by atoms with Gasteiger partial charge in [-0.05, 0) is 44.0 Å². The van der Waals surface area contributed by atoms with Gasteiger partial charge in [-0.15, -0.1) is 19.0 Å². The van der Waals surface area contributed by atoms with E-state index in [4.69, 9.17) is 11.6 Å². The number of thioether (sulfide) groups is 1. The van der Waals surface area contributed by atoms with Gasteiger partial charge in [0.25, 0.3) is 0 Å². The van der Waals surface area contributed by atoms with Crippen LogP contribution in [0.1, 0.15) is 16.3 Å². The van der Waals surface area contributed by atoms with E-state index >= 15 is 0 Å². The van der Waals surface area contributed by atoms with Crippen molar-refractivity contribution in [3.05, 3.63) is 34.5 Å². The lowest BCUT2D eigenvalue weighted by atomic mass is 10.1. The molecule has 28 heavy (non-hydrogen) atoms. The Bertz CT molecular complexity index is 987. The first-order valence-corrected chi connectivity index (χ1v) is 10.5. The van der Waals surface area contributed by atoms with E-state index in [1.54, 1.807) is 6.07 Å². The van der Waals surface area contributed by atoms with Crippen LogP contribution in [0.15, 0.2) is 22.5 Å². The molecule has 0 fully saturated rings. The molecule has 3 rings (SSSR count). The van der Waals surface area contributed by atoms with Gasteiger partial charge < -0.3 is 15.0 Å². The number of aromatic amines is 1. The molecule has 2 aromatic heterocycles. The SMILES string of the molecule is Cc1nnc(SCC(=O)NCCc2c(C)[nH]c3ccc(OC(F)(F)Cl)cc23)s1. The number of nitrogens with one attached hydrogen (secondary N) is 2. The highest BCUT2D eigenvalue weighted by Gasteiger charge is 2.27. The molecule has 0 unspecified atom stereocenters. The molecule has 0 aliphatic heterocycles. The van der Waals surface area contributed by atoms with Crippen molar-refractivity contribution >= 4 is 51.5 Å². The minimum atomic E-state index is -3.77. The summed E-state index contributed by atoms with van der Waals surface area (Å²) in [5.41, 5.74) is -1.15. The third-order valence-corrected chi connectivity index (χ3v) is 5.91. The van der Waals surface area contributed by atoms with Gasteiger partial charge in [-0.1, -0.05) is 23.1 Å². The van der Waals surface area contributed by atoms with Crippen LogP contribution in [0.3, 0.4) is 0 Å². The summed E-state index contributed by atoms with van der Waals surface area (Å²) in [6.45, 7) is 4.16. The zero-order chi connectivity index (χ0) is 20.3. The molecule has 0 bridgehead atoms. The van der Waals surface area contributed by atoms with Crippen LogP contribution in [0, 0.1) is 13.8 Å². The normalized spacial score (nSPS) is 11.8. The Balaban J connectivity index is 1.59. The Kier molecular flexibility index (Phi) is 6.41. The molecular formula is C17H17ClF2N4O2S2. The first-order chi connectivity index (χ1) is 13.2. The minimum Gasteiger partial charge on any atom is -0.420 e. The Hall–Kier alpha value is -1.91. The van der Waals surface area contributed by atoms with Crippen LogP contribution in [0.5, 0.6) is 5.75 Å². The maximum Gasteiger partial charge on any atom is 0.487 e. The number of amides is 1. The lowest BCUT2D eigenvalue weighted by molar-refractivity contribution is -0.118. The van der Waals surface area contributed by atoms with E-state index in [1.807, 2.05) is 13.8 Å². The second-order valence-corrected chi connectivity index (χ2v) is 8.80. The maximum atomic E-state index is 12.9. The van der Waals surface area contributed by atoms with Crippen molar-refractivity contribution in [1.82, 2.24) is 20.5 Å². The summed E-state index contributed by atoms with van der Waals surface area (Å²) in [6, 6.07) is 4.59. The van der Waals surface area contributed by atoms with Crippen molar-refractivity contribution in [3.8, 4) is 5.75 Å².